The summed E-state index contributed by atoms with van der Waals surface area (Å²) in [6.45, 7) is 0. The Kier molecular flexibility index (Phi) is 7.13. The van der Waals surface area contributed by atoms with Gasteiger partial charge in [0.25, 0.3) is 0 Å². The Hall–Kier alpha value is -1.42. The van der Waals surface area contributed by atoms with E-state index in [1.807, 2.05) is 26.0 Å². The maximum atomic E-state index is 11.0. The summed E-state index contributed by atoms with van der Waals surface area (Å²) in [6.07, 6.45) is 0.733. The van der Waals surface area contributed by atoms with E-state index in [2.05, 4.69) is 0 Å². The lowest BCUT2D eigenvalue weighted by Crippen LogP contribution is -1.99. The molecule has 4 heteroatoms. The van der Waals surface area contributed by atoms with E-state index in [4.69, 9.17) is 7.85 Å². The fourth-order valence-corrected chi connectivity index (χ4v) is 0.865. The molecule has 84 valence electrons. The summed E-state index contributed by atoms with van der Waals surface area (Å²) >= 11 is 0. The molecular weight excluding hydrogens is 201 g/mol. The molecule has 1 aromatic rings. The Bertz CT molecular complexity index is 331. The lowest BCUT2D eigenvalue weighted by atomic mass is 9.95. The van der Waals surface area contributed by atoms with Gasteiger partial charge in [-0.1, -0.05) is 24.3 Å². The van der Waals surface area contributed by atoms with Crippen molar-refractivity contribution in [3.05, 3.63) is 35.4 Å². The fourth-order valence-electron chi connectivity index (χ4n) is 0.865. The normalized spacial score (nSPS) is 9.25. The molecule has 0 fully saturated rings. The Morgan fingerprint density at radius 1 is 1.25 bits per heavy atom. The van der Waals surface area contributed by atoms with Crippen LogP contribution in [0.25, 0.3) is 0 Å². The first-order valence-electron chi connectivity index (χ1n) is 4.90. The molecule has 0 saturated carbocycles. The van der Waals surface area contributed by atoms with Crippen LogP contribution in [-0.4, -0.2) is 46.0 Å². The van der Waals surface area contributed by atoms with Gasteiger partial charge in [0.15, 0.2) is 5.78 Å². The molecule has 0 aliphatic carbocycles. The first-order valence-corrected chi connectivity index (χ1v) is 4.90. The minimum Gasteiger partial charge on any atom is -0.312 e. The number of hydrogen-bond donors (Lipinski definition) is 0. The summed E-state index contributed by atoms with van der Waals surface area (Å²) in [5.74, 6) is -0.118. The Morgan fingerprint density at radius 2 is 1.69 bits per heavy atom. The van der Waals surface area contributed by atoms with E-state index in [9.17, 15) is 9.59 Å². The Morgan fingerprint density at radius 3 is 2.00 bits per heavy atom. The van der Waals surface area contributed by atoms with E-state index in [-0.39, 0.29) is 12.1 Å². The molecule has 0 atom stereocenters. The summed E-state index contributed by atoms with van der Waals surface area (Å²) in [7, 11) is 11.2. The summed E-state index contributed by atoms with van der Waals surface area (Å²) in [5, 5.41) is 0. The summed E-state index contributed by atoms with van der Waals surface area (Å²) in [5.41, 5.74) is 1.10. The van der Waals surface area contributed by atoms with Gasteiger partial charge in [-0.25, -0.2) is 0 Å². The summed E-state index contributed by atoms with van der Waals surface area (Å²) < 4.78 is 0. The van der Waals surface area contributed by atoms with Crippen LogP contribution >= 0.6 is 0 Å². The second-order valence-electron chi connectivity index (χ2n) is 3.71. The van der Waals surface area contributed by atoms with Gasteiger partial charge < -0.3 is 4.90 Å². The number of hydrogen-bond acceptors (Lipinski definition) is 3. The Balaban J connectivity index is 0.000000487. The van der Waals surface area contributed by atoms with Crippen molar-refractivity contribution in [1.29, 1.82) is 0 Å². The number of nitrogens with zero attached hydrogens (tertiary/aromatic N) is 1. The molecule has 1 aromatic carbocycles. The highest BCUT2D eigenvalue weighted by Gasteiger charge is 2.00. The first-order chi connectivity index (χ1) is 7.51. The van der Waals surface area contributed by atoms with Crippen LogP contribution < -0.4 is 0 Å². The highest BCUT2D eigenvalue weighted by molar-refractivity contribution is 6.24. The average molecular weight is 217 g/mol. The lowest BCUT2D eigenvalue weighted by Gasteiger charge is -1.96. The third kappa shape index (κ3) is 6.14. The number of Topliss-reactive ketones (excluding diaryl/α,β-unsaturated/α-hetero) is 1. The van der Waals surface area contributed by atoms with Crippen LogP contribution in [0.2, 0.25) is 6.32 Å². The van der Waals surface area contributed by atoms with Gasteiger partial charge in [0.2, 0.25) is 0 Å². The molecule has 2 radical (unpaired) electrons. The highest BCUT2D eigenvalue weighted by Crippen LogP contribution is 2.04. The van der Waals surface area contributed by atoms with Crippen molar-refractivity contribution in [2.24, 2.45) is 0 Å². The van der Waals surface area contributed by atoms with Gasteiger partial charge in [-0.05, 0) is 27.5 Å². The van der Waals surface area contributed by atoms with Crippen molar-refractivity contribution >= 4 is 19.9 Å². The maximum Gasteiger partial charge on any atom is 0.154 e. The SMILES string of the molecule is CN(C)C.[B]CC(=O)c1ccc(C=O)cc1. The van der Waals surface area contributed by atoms with E-state index in [0.29, 0.717) is 11.1 Å². The molecule has 1 rings (SSSR count). The smallest absolute Gasteiger partial charge is 0.154 e. The van der Waals surface area contributed by atoms with E-state index < -0.39 is 0 Å². The molecule has 3 nitrogen and oxygen atoms in total. The molecule has 0 N–H and O–H groups in total. The number of rotatable bonds is 3. The molecular formula is C12H16BNO2. The monoisotopic (exact) mass is 217 g/mol. The van der Waals surface area contributed by atoms with Crippen LogP contribution in [0, 0.1) is 0 Å². The predicted molar refractivity (Wildman–Crippen MR) is 66.3 cm³/mol. The van der Waals surface area contributed by atoms with Crippen molar-refractivity contribution in [2.75, 3.05) is 21.1 Å². The largest absolute Gasteiger partial charge is 0.312 e. The zero-order chi connectivity index (χ0) is 12.6. The highest BCUT2D eigenvalue weighted by atomic mass is 16.1. The second kappa shape index (κ2) is 7.82. The molecule has 0 aliphatic heterocycles. The van der Waals surface area contributed by atoms with Crippen LogP contribution in [0.1, 0.15) is 20.7 Å². The predicted octanol–water partition coefficient (Wildman–Crippen LogP) is 1.45. The van der Waals surface area contributed by atoms with E-state index in [1.54, 1.807) is 24.3 Å². The average Bonchev–Trinajstić information content (AvgIpc) is 2.27. The molecule has 0 unspecified atom stereocenters. The maximum absolute atomic E-state index is 11.0. The third-order valence-corrected chi connectivity index (χ3v) is 1.55. The van der Waals surface area contributed by atoms with E-state index in [0.717, 1.165) is 6.29 Å². The zero-order valence-electron chi connectivity index (χ0n) is 9.93. The van der Waals surface area contributed by atoms with Crippen molar-refractivity contribution < 1.29 is 9.59 Å². The first kappa shape index (κ1) is 14.6. The molecule has 0 heterocycles. The fraction of sp³-hybridized carbons (Fsp3) is 0.333. The van der Waals surface area contributed by atoms with Crippen LogP contribution in [0.15, 0.2) is 24.3 Å². The van der Waals surface area contributed by atoms with Gasteiger partial charge in [-0.2, -0.15) is 0 Å². The topological polar surface area (TPSA) is 37.4 Å². The van der Waals surface area contributed by atoms with Gasteiger partial charge in [-0.15, -0.1) is 0 Å². The molecule has 0 spiro atoms. The van der Waals surface area contributed by atoms with Crippen LogP contribution in [0.3, 0.4) is 0 Å². The number of benzene rings is 1. The van der Waals surface area contributed by atoms with Crippen LogP contribution in [0.5, 0.6) is 0 Å². The van der Waals surface area contributed by atoms with Crippen molar-refractivity contribution in [3.63, 3.8) is 0 Å². The third-order valence-electron chi connectivity index (χ3n) is 1.55. The number of carbonyl (C=O) groups is 2. The number of aldehydes is 1. The van der Waals surface area contributed by atoms with Crippen molar-refractivity contribution in [3.8, 4) is 0 Å². The summed E-state index contributed by atoms with van der Waals surface area (Å²) in [4.78, 5) is 23.2. The van der Waals surface area contributed by atoms with Gasteiger partial charge in [0.1, 0.15) is 6.29 Å². The van der Waals surface area contributed by atoms with Gasteiger partial charge in [0, 0.05) is 11.1 Å². The molecule has 16 heavy (non-hydrogen) atoms. The second-order valence-corrected chi connectivity index (χ2v) is 3.71. The molecule has 0 aromatic heterocycles. The molecule has 0 amide bonds. The van der Waals surface area contributed by atoms with Crippen LogP contribution in [-0.2, 0) is 0 Å². The Labute approximate surface area is 97.9 Å². The van der Waals surface area contributed by atoms with E-state index in [1.165, 1.54) is 0 Å². The summed E-state index contributed by atoms with van der Waals surface area (Å²) in [6, 6.07) is 6.38. The standard InChI is InChI=1S/C9H7BO2.C3H9N/c10-5-9(12)8-3-1-7(6-11)2-4-8;1-4(2)3/h1-4,6H,5H2;1-3H3. The molecule has 0 aliphatic rings. The quantitative estimate of drug-likeness (QED) is 0.436. The number of carbonyl (C=O) groups excluding carboxylic acids is 2. The lowest BCUT2D eigenvalue weighted by molar-refractivity contribution is 0.101. The molecule has 0 saturated heterocycles. The van der Waals surface area contributed by atoms with E-state index >= 15 is 0 Å². The van der Waals surface area contributed by atoms with Crippen molar-refractivity contribution in [2.45, 2.75) is 6.32 Å². The van der Waals surface area contributed by atoms with Gasteiger partial charge >= 0.3 is 0 Å². The van der Waals surface area contributed by atoms with Gasteiger partial charge in [0.05, 0.1) is 7.85 Å². The minimum atomic E-state index is -0.118. The zero-order valence-corrected chi connectivity index (χ0v) is 9.93. The number of ketones is 1. The molecule has 0 bridgehead atoms. The van der Waals surface area contributed by atoms with Crippen molar-refractivity contribution in [1.82, 2.24) is 4.90 Å². The van der Waals surface area contributed by atoms with Crippen LogP contribution in [0.4, 0.5) is 0 Å². The van der Waals surface area contributed by atoms with Gasteiger partial charge in [-0.3, -0.25) is 9.59 Å². The minimum absolute atomic E-state index is 0.000432.